The van der Waals surface area contributed by atoms with E-state index >= 15 is 0 Å². The molecule has 0 unspecified atom stereocenters. The van der Waals surface area contributed by atoms with Crippen LogP contribution in [0, 0.1) is 0 Å². The van der Waals surface area contributed by atoms with E-state index in [1.54, 1.807) is 44.5 Å². The molecule has 1 aromatic carbocycles. The van der Waals surface area contributed by atoms with Crippen LogP contribution < -0.4 is 5.32 Å². The van der Waals surface area contributed by atoms with Crippen molar-refractivity contribution in [3.05, 3.63) is 39.4 Å². The van der Waals surface area contributed by atoms with Gasteiger partial charge in [0.1, 0.15) is 5.69 Å². The average molecular weight is 416 g/mol. The summed E-state index contributed by atoms with van der Waals surface area (Å²) in [6, 6.07) is 5.11. The van der Waals surface area contributed by atoms with Crippen LogP contribution in [0.1, 0.15) is 31.3 Å². The molecule has 0 fully saturated rings. The van der Waals surface area contributed by atoms with Crippen molar-refractivity contribution >= 4 is 46.5 Å². The minimum absolute atomic E-state index is 0.177. The monoisotopic (exact) mass is 415 g/mol. The molecule has 0 saturated carbocycles. The van der Waals surface area contributed by atoms with Gasteiger partial charge < -0.3 is 15.3 Å². The summed E-state index contributed by atoms with van der Waals surface area (Å²) in [5.41, 5.74) is 2.04. The van der Waals surface area contributed by atoms with Gasteiger partial charge in [0.25, 0.3) is 5.91 Å². The largest absolute Gasteiger partial charge is 0.465 e. The molecule has 0 aliphatic carbocycles. The number of carbonyl (C=O) groups is 2. The number of nitrogens with zero attached hydrogens (tertiary/aromatic N) is 2. The lowest BCUT2D eigenvalue weighted by Crippen LogP contribution is -2.48. The minimum Gasteiger partial charge on any atom is -0.465 e. The molecule has 1 heterocycles. The molecule has 26 heavy (non-hydrogen) atoms. The maximum atomic E-state index is 12.5. The van der Waals surface area contributed by atoms with Gasteiger partial charge >= 0.3 is 6.09 Å². The minimum atomic E-state index is -1.03. The van der Waals surface area contributed by atoms with E-state index in [1.165, 1.54) is 16.2 Å². The van der Waals surface area contributed by atoms with Gasteiger partial charge in [-0.05, 0) is 38.5 Å². The van der Waals surface area contributed by atoms with E-state index in [0.717, 1.165) is 5.56 Å². The number of carbonyl (C=O) groups excluding carboxylic acids is 1. The lowest BCUT2D eigenvalue weighted by molar-refractivity contribution is 0.0889. The van der Waals surface area contributed by atoms with E-state index in [4.69, 9.17) is 23.2 Å². The molecule has 2 amide bonds. The highest BCUT2D eigenvalue weighted by atomic mass is 35.5. The van der Waals surface area contributed by atoms with Crippen molar-refractivity contribution in [1.29, 1.82) is 0 Å². The number of hydrogen-bond donors (Lipinski definition) is 2. The zero-order valence-electron chi connectivity index (χ0n) is 14.5. The van der Waals surface area contributed by atoms with Crippen LogP contribution in [0.25, 0.3) is 10.4 Å². The predicted molar refractivity (Wildman–Crippen MR) is 104 cm³/mol. The molecule has 1 aromatic heterocycles. The summed E-state index contributed by atoms with van der Waals surface area (Å²) in [6.45, 7) is 5.75. The molecule has 2 N–H and O–H groups in total. The lowest BCUT2D eigenvalue weighted by atomic mass is 10.1. The number of nitrogens with one attached hydrogen (secondary N) is 1. The number of aromatic nitrogens is 1. The fraction of sp³-hybridized carbons (Fsp3) is 0.353. The Morgan fingerprint density at radius 2 is 1.96 bits per heavy atom. The fourth-order valence-electron chi connectivity index (χ4n) is 2.33. The fourth-order valence-corrected chi connectivity index (χ4v) is 3.41. The first-order valence-electron chi connectivity index (χ1n) is 7.79. The summed E-state index contributed by atoms with van der Waals surface area (Å²) in [5, 5.41) is 12.8. The van der Waals surface area contributed by atoms with E-state index in [0.29, 0.717) is 14.9 Å². The topological polar surface area (TPSA) is 82.5 Å². The molecule has 0 radical (unpaired) electrons. The second kappa shape index (κ2) is 8.24. The predicted octanol–water partition coefficient (Wildman–Crippen LogP) is 4.63. The van der Waals surface area contributed by atoms with Gasteiger partial charge in [0.15, 0.2) is 0 Å². The second-order valence-corrected chi connectivity index (χ2v) is 8.19. The Morgan fingerprint density at radius 3 is 2.54 bits per heavy atom. The van der Waals surface area contributed by atoms with Crippen LogP contribution in [0.3, 0.4) is 0 Å². The quantitative estimate of drug-likeness (QED) is 0.745. The Morgan fingerprint density at radius 1 is 1.27 bits per heavy atom. The highest BCUT2D eigenvalue weighted by Crippen LogP contribution is 2.32. The van der Waals surface area contributed by atoms with Gasteiger partial charge in [-0.15, -0.1) is 11.3 Å². The van der Waals surface area contributed by atoms with Gasteiger partial charge in [-0.25, -0.2) is 9.78 Å². The third-order valence-corrected chi connectivity index (χ3v) is 5.24. The Hall–Kier alpha value is -1.83. The Bertz CT molecular complexity index is 818. The van der Waals surface area contributed by atoms with Crippen molar-refractivity contribution in [3.8, 4) is 10.4 Å². The Balaban J connectivity index is 2.08. The van der Waals surface area contributed by atoms with E-state index in [2.05, 4.69) is 10.3 Å². The van der Waals surface area contributed by atoms with Crippen molar-refractivity contribution in [1.82, 2.24) is 15.2 Å². The molecule has 0 atom stereocenters. The van der Waals surface area contributed by atoms with Crippen molar-refractivity contribution in [3.63, 3.8) is 0 Å². The van der Waals surface area contributed by atoms with Gasteiger partial charge in [-0.2, -0.15) is 0 Å². The molecule has 2 aromatic rings. The first-order chi connectivity index (χ1) is 12.1. The van der Waals surface area contributed by atoms with Crippen LogP contribution >= 0.6 is 34.5 Å². The number of thiazole rings is 1. The van der Waals surface area contributed by atoms with Crippen LogP contribution in [0.4, 0.5) is 4.79 Å². The van der Waals surface area contributed by atoms with Crippen molar-refractivity contribution < 1.29 is 14.7 Å². The van der Waals surface area contributed by atoms with Gasteiger partial charge in [-0.3, -0.25) is 4.79 Å². The van der Waals surface area contributed by atoms with Gasteiger partial charge in [-0.1, -0.05) is 29.3 Å². The normalized spacial score (nSPS) is 11.3. The van der Waals surface area contributed by atoms with Crippen LogP contribution in [-0.2, 0) is 0 Å². The van der Waals surface area contributed by atoms with Crippen LogP contribution in [0.5, 0.6) is 0 Å². The Labute approximate surface area is 165 Å². The molecule has 140 valence electrons. The number of rotatable bonds is 5. The maximum Gasteiger partial charge on any atom is 0.407 e. The molecule has 0 spiro atoms. The Kier molecular flexibility index (Phi) is 6.49. The molecular weight excluding hydrogens is 397 g/mol. The van der Waals surface area contributed by atoms with Crippen molar-refractivity contribution in [2.75, 3.05) is 13.1 Å². The van der Waals surface area contributed by atoms with Crippen molar-refractivity contribution in [2.24, 2.45) is 0 Å². The number of benzene rings is 1. The summed E-state index contributed by atoms with van der Waals surface area (Å²) in [4.78, 5) is 29.9. The summed E-state index contributed by atoms with van der Waals surface area (Å²) in [5.74, 6) is -0.369. The molecule has 0 aliphatic heterocycles. The van der Waals surface area contributed by atoms with E-state index in [9.17, 15) is 14.7 Å². The molecule has 0 aliphatic rings. The van der Waals surface area contributed by atoms with E-state index < -0.39 is 11.6 Å². The molecule has 0 saturated heterocycles. The van der Waals surface area contributed by atoms with Gasteiger partial charge in [0.05, 0.1) is 20.4 Å². The highest BCUT2D eigenvalue weighted by Gasteiger charge is 2.26. The third-order valence-electron chi connectivity index (χ3n) is 3.63. The second-order valence-electron chi connectivity index (χ2n) is 6.52. The first-order valence-corrected chi connectivity index (χ1v) is 9.42. The SMILES string of the molecule is CC(C)(C)N(CCNC(=O)c1ncsc1-c1ccc(Cl)c(Cl)c1)C(=O)O. The molecular formula is C17H19Cl2N3O3S. The summed E-state index contributed by atoms with van der Waals surface area (Å²) in [6.07, 6.45) is -1.03. The zero-order chi connectivity index (χ0) is 19.5. The van der Waals surface area contributed by atoms with Crippen molar-refractivity contribution in [2.45, 2.75) is 26.3 Å². The lowest BCUT2D eigenvalue weighted by Gasteiger charge is -2.33. The van der Waals surface area contributed by atoms with Crippen LogP contribution in [0.15, 0.2) is 23.7 Å². The average Bonchev–Trinajstić information content (AvgIpc) is 3.02. The molecule has 2 rings (SSSR count). The first kappa shape index (κ1) is 20.5. The summed E-state index contributed by atoms with van der Waals surface area (Å²) < 4.78 is 0. The molecule has 0 bridgehead atoms. The molecule has 6 nitrogen and oxygen atoms in total. The van der Waals surface area contributed by atoms with E-state index in [1.807, 2.05) is 0 Å². The number of amides is 2. The van der Waals surface area contributed by atoms with Crippen LogP contribution in [0.2, 0.25) is 10.0 Å². The van der Waals surface area contributed by atoms with E-state index in [-0.39, 0.29) is 24.7 Å². The number of halogens is 2. The highest BCUT2D eigenvalue weighted by molar-refractivity contribution is 7.13. The summed E-state index contributed by atoms with van der Waals surface area (Å²) >= 11 is 13.3. The number of hydrogen-bond acceptors (Lipinski definition) is 4. The molecule has 9 heteroatoms. The van der Waals surface area contributed by atoms with Crippen LogP contribution in [-0.4, -0.2) is 45.6 Å². The third kappa shape index (κ3) is 4.87. The maximum absolute atomic E-state index is 12.5. The summed E-state index contributed by atoms with van der Waals surface area (Å²) in [7, 11) is 0. The number of carboxylic acid groups (broad SMARTS) is 1. The van der Waals surface area contributed by atoms with Gasteiger partial charge in [0.2, 0.25) is 0 Å². The van der Waals surface area contributed by atoms with Gasteiger partial charge in [0, 0.05) is 18.6 Å². The smallest absolute Gasteiger partial charge is 0.407 e. The zero-order valence-corrected chi connectivity index (χ0v) is 16.9. The standard InChI is InChI=1S/C17H19Cl2N3O3S/c1-17(2,3)22(16(24)25)7-6-20-15(23)13-14(26-9-21-13)10-4-5-11(18)12(19)8-10/h4-5,8-9H,6-7H2,1-3H3,(H,20,23)(H,24,25).